The van der Waals surface area contributed by atoms with Crippen molar-refractivity contribution in [2.75, 3.05) is 6.54 Å². The van der Waals surface area contributed by atoms with E-state index in [-0.39, 0.29) is 16.5 Å². The molecule has 8 heteroatoms. The van der Waals surface area contributed by atoms with E-state index in [0.717, 1.165) is 10.3 Å². The van der Waals surface area contributed by atoms with Crippen LogP contribution in [0.5, 0.6) is 0 Å². The third-order valence-electron chi connectivity index (χ3n) is 3.22. The molecule has 0 radical (unpaired) electrons. The zero-order valence-electron chi connectivity index (χ0n) is 10.3. The van der Waals surface area contributed by atoms with Gasteiger partial charge in [0, 0.05) is 30.0 Å². The number of imidazole rings is 1. The highest BCUT2D eigenvalue weighted by atomic mass is 79.9. The van der Waals surface area contributed by atoms with E-state index >= 15 is 0 Å². The Hall–Kier alpha value is -0.890. The van der Waals surface area contributed by atoms with Gasteiger partial charge < -0.3 is 4.57 Å². The van der Waals surface area contributed by atoms with E-state index in [1.165, 1.54) is 10.4 Å². The maximum absolute atomic E-state index is 12.6. The first-order chi connectivity index (χ1) is 9.48. The smallest absolute Gasteiger partial charge is 0.245 e. The molecule has 0 bridgehead atoms. The van der Waals surface area contributed by atoms with Crippen molar-refractivity contribution in [2.24, 2.45) is 0 Å². The fourth-order valence-corrected chi connectivity index (χ4v) is 4.58. The lowest BCUT2D eigenvalue weighted by molar-refractivity contribution is 0.335. The van der Waals surface area contributed by atoms with E-state index in [1.807, 2.05) is 10.8 Å². The van der Waals surface area contributed by atoms with Crippen LogP contribution >= 0.6 is 27.5 Å². The van der Waals surface area contributed by atoms with E-state index in [0.29, 0.717) is 13.1 Å². The molecular weight excluding hydrogens is 366 g/mol. The molecular formula is C12H11BrClN3O2S. The van der Waals surface area contributed by atoms with Gasteiger partial charge in [-0.25, -0.2) is 13.4 Å². The summed E-state index contributed by atoms with van der Waals surface area (Å²) < 4.78 is 29.4. The number of nitrogens with zero attached hydrogens (tertiary/aromatic N) is 3. The summed E-state index contributed by atoms with van der Waals surface area (Å²) in [4.78, 5) is 4.29. The number of benzene rings is 1. The summed E-state index contributed by atoms with van der Waals surface area (Å²) in [5.41, 5.74) is 0. The lowest BCUT2D eigenvalue weighted by Gasteiger charge is -2.27. The molecule has 106 valence electrons. The van der Waals surface area contributed by atoms with E-state index in [9.17, 15) is 8.42 Å². The molecule has 2 aromatic rings. The van der Waals surface area contributed by atoms with Gasteiger partial charge in [0.05, 0.1) is 11.6 Å². The Morgan fingerprint density at radius 2 is 2.10 bits per heavy atom. The highest BCUT2D eigenvalue weighted by Crippen LogP contribution is 2.29. The standard InChI is InChI=1S/C12H11BrClN3O2S/c13-9-1-2-11(10(14)7-9)20(18,19)17-6-5-16-4-3-15-12(16)8-17/h1-4,7H,5-6,8H2. The van der Waals surface area contributed by atoms with Crippen LogP contribution in [0.25, 0.3) is 0 Å². The summed E-state index contributed by atoms with van der Waals surface area (Å²) >= 11 is 9.32. The van der Waals surface area contributed by atoms with Gasteiger partial charge >= 0.3 is 0 Å². The predicted molar refractivity (Wildman–Crippen MR) is 79.0 cm³/mol. The Balaban J connectivity index is 1.97. The lowest BCUT2D eigenvalue weighted by Crippen LogP contribution is -2.38. The summed E-state index contributed by atoms with van der Waals surface area (Å²) in [5.74, 6) is 0.744. The molecule has 5 nitrogen and oxygen atoms in total. The van der Waals surface area contributed by atoms with Crippen LogP contribution in [0.3, 0.4) is 0 Å². The Morgan fingerprint density at radius 3 is 2.85 bits per heavy atom. The van der Waals surface area contributed by atoms with Crippen LogP contribution in [-0.2, 0) is 23.1 Å². The summed E-state index contributed by atoms with van der Waals surface area (Å²) in [7, 11) is -3.60. The Morgan fingerprint density at radius 1 is 1.30 bits per heavy atom. The molecule has 0 unspecified atom stereocenters. The molecule has 1 aliphatic heterocycles. The average molecular weight is 377 g/mol. The van der Waals surface area contributed by atoms with Gasteiger partial charge in [-0.05, 0) is 18.2 Å². The molecule has 0 atom stereocenters. The number of rotatable bonds is 2. The predicted octanol–water partition coefficient (Wildman–Crippen LogP) is 2.50. The Labute approximate surface area is 130 Å². The van der Waals surface area contributed by atoms with E-state index in [4.69, 9.17) is 11.6 Å². The number of aromatic nitrogens is 2. The first kappa shape index (κ1) is 14.1. The van der Waals surface area contributed by atoms with Gasteiger partial charge in [0.1, 0.15) is 10.7 Å². The van der Waals surface area contributed by atoms with Crippen LogP contribution in [0, 0.1) is 0 Å². The first-order valence-corrected chi connectivity index (χ1v) is 8.55. The van der Waals surface area contributed by atoms with Gasteiger partial charge in [-0.1, -0.05) is 27.5 Å². The molecule has 0 aliphatic carbocycles. The maximum atomic E-state index is 12.6. The number of hydrogen-bond acceptors (Lipinski definition) is 3. The molecule has 0 amide bonds. The van der Waals surface area contributed by atoms with E-state index in [2.05, 4.69) is 20.9 Å². The molecule has 0 spiro atoms. The van der Waals surface area contributed by atoms with Gasteiger partial charge in [-0.15, -0.1) is 0 Å². The van der Waals surface area contributed by atoms with Gasteiger partial charge in [0.15, 0.2) is 0 Å². The van der Waals surface area contributed by atoms with Crippen molar-refractivity contribution in [3.63, 3.8) is 0 Å². The minimum atomic E-state index is -3.60. The number of hydrogen-bond donors (Lipinski definition) is 0. The second-order valence-electron chi connectivity index (χ2n) is 4.45. The Kier molecular flexibility index (Phi) is 3.62. The van der Waals surface area contributed by atoms with Crippen molar-refractivity contribution in [3.8, 4) is 0 Å². The SMILES string of the molecule is O=S(=O)(c1ccc(Br)cc1Cl)N1CCn2ccnc2C1. The van der Waals surface area contributed by atoms with Crippen molar-refractivity contribution >= 4 is 37.6 Å². The van der Waals surface area contributed by atoms with Crippen LogP contribution < -0.4 is 0 Å². The fourth-order valence-electron chi connectivity index (χ4n) is 2.18. The van der Waals surface area contributed by atoms with Crippen molar-refractivity contribution in [2.45, 2.75) is 18.0 Å². The third-order valence-corrected chi connectivity index (χ3v) is 6.04. The molecule has 3 rings (SSSR count). The molecule has 1 aliphatic rings. The third kappa shape index (κ3) is 2.39. The van der Waals surface area contributed by atoms with Crippen molar-refractivity contribution < 1.29 is 8.42 Å². The van der Waals surface area contributed by atoms with Crippen molar-refractivity contribution in [1.29, 1.82) is 0 Å². The second-order valence-corrected chi connectivity index (χ2v) is 7.68. The largest absolute Gasteiger partial charge is 0.333 e. The first-order valence-electron chi connectivity index (χ1n) is 5.94. The molecule has 0 fully saturated rings. The van der Waals surface area contributed by atoms with Gasteiger partial charge in [0.2, 0.25) is 10.0 Å². The van der Waals surface area contributed by atoms with Crippen LogP contribution in [-0.4, -0.2) is 28.8 Å². The summed E-state index contributed by atoms with van der Waals surface area (Å²) in [6.45, 7) is 1.28. The number of fused-ring (bicyclic) bond motifs is 1. The summed E-state index contributed by atoms with van der Waals surface area (Å²) in [5, 5.41) is 0.216. The van der Waals surface area contributed by atoms with Gasteiger partial charge in [-0.2, -0.15) is 4.31 Å². The van der Waals surface area contributed by atoms with E-state index in [1.54, 1.807) is 18.3 Å². The van der Waals surface area contributed by atoms with Crippen molar-refractivity contribution in [3.05, 3.63) is 45.9 Å². The van der Waals surface area contributed by atoms with Crippen molar-refractivity contribution in [1.82, 2.24) is 13.9 Å². The lowest BCUT2D eigenvalue weighted by atomic mass is 10.4. The number of halogens is 2. The fraction of sp³-hybridized carbons (Fsp3) is 0.250. The zero-order chi connectivity index (χ0) is 14.3. The normalized spacial score (nSPS) is 16.1. The quantitative estimate of drug-likeness (QED) is 0.809. The van der Waals surface area contributed by atoms with Crippen LogP contribution in [0.15, 0.2) is 40.0 Å². The Bertz CT molecular complexity index is 760. The molecule has 1 aromatic carbocycles. The maximum Gasteiger partial charge on any atom is 0.245 e. The zero-order valence-corrected chi connectivity index (χ0v) is 13.5. The second kappa shape index (κ2) is 5.14. The van der Waals surface area contributed by atoms with Crippen LogP contribution in [0.4, 0.5) is 0 Å². The molecule has 0 saturated heterocycles. The highest BCUT2D eigenvalue weighted by Gasteiger charge is 2.30. The van der Waals surface area contributed by atoms with Gasteiger partial charge in [-0.3, -0.25) is 0 Å². The minimum absolute atomic E-state index is 0.127. The molecule has 1 aromatic heterocycles. The average Bonchev–Trinajstić information content (AvgIpc) is 2.85. The van der Waals surface area contributed by atoms with Crippen LogP contribution in [0.1, 0.15) is 5.82 Å². The molecule has 0 N–H and O–H groups in total. The molecule has 2 heterocycles. The monoisotopic (exact) mass is 375 g/mol. The molecule has 0 saturated carbocycles. The van der Waals surface area contributed by atoms with E-state index < -0.39 is 10.0 Å². The summed E-state index contributed by atoms with van der Waals surface area (Å²) in [6, 6.07) is 4.77. The minimum Gasteiger partial charge on any atom is -0.333 e. The number of sulfonamides is 1. The summed E-state index contributed by atoms with van der Waals surface area (Å²) in [6.07, 6.45) is 3.53. The topological polar surface area (TPSA) is 55.2 Å². The molecule has 20 heavy (non-hydrogen) atoms. The van der Waals surface area contributed by atoms with Gasteiger partial charge in [0.25, 0.3) is 0 Å². The van der Waals surface area contributed by atoms with Crippen LogP contribution in [0.2, 0.25) is 5.02 Å². The highest BCUT2D eigenvalue weighted by molar-refractivity contribution is 9.10.